The van der Waals surface area contributed by atoms with Gasteiger partial charge in [0.05, 0.1) is 26.8 Å². The van der Waals surface area contributed by atoms with Crippen molar-refractivity contribution < 1.29 is 13.6 Å². The average Bonchev–Trinajstić information content (AvgIpc) is 2.98. The first-order valence-corrected chi connectivity index (χ1v) is 9.17. The summed E-state index contributed by atoms with van der Waals surface area (Å²) in [7, 11) is 3.51. The zero-order valence-electron chi connectivity index (χ0n) is 13.8. The summed E-state index contributed by atoms with van der Waals surface area (Å²) in [5.41, 5.74) is 0.621. The Morgan fingerprint density at radius 3 is 2.69 bits per heavy atom. The Morgan fingerprint density at radius 2 is 2.12 bits per heavy atom. The molecule has 0 radical (unpaired) electrons. The van der Waals surface area contributed by atoms with E-state index < -0.39 is 23.5 Å². The van der Waals surface area contributed by atoms with E-state index in [4.69, 9.17) is 23.8 Å². The molecule has 1 aliphatic heterocycles. The van der Waals surface area contributed by atoms with Crippen LogP contribution in [0.4, 0.5) is 14.5 Å². The quantitative estimate of drug-likeness (QED) is 0.705. The number of aromatic nitrogens is 2. The van der Waals surface area contributed by atoms with Gasteiger partial charge < -0.3 is 10.2 Å². The number of thiocarbonyl (C=S) groups is 1. The molecule has 2 heterocycles. The van der Waals surface area contributed by atoms with E-state index in [0.717, 1.165) is 11.8 Å². The van der Waals surface area contributed by atoms with Crippen molar-refractivity contribution in [2.45, 2.75) is 5.92 Å². The number of carbonyl (C=O) groups excluding carboxylic acids is 1. The number of hydrogen-bond donors (Lipinski definition) is 1. The predicted octanol–water partition coefficient (Wildman–Crippen LogP) is 3.73. The van der Waals surface area contributed by atoms with Crippen LogP contribution in [-0.4, -0.2) is 39.2 Å². The molecule has 0 unspecified atom stereocenters. The lowest BCUT2D eigenvalue weighted by atomic mass is 9.91. The van der Waals surface area contributed by atoms with Crippen LogP contribution in [0, 0.1) is 17.6 Å². The van der Waals surface area contributed by atoms with Crippen molar-refractivity contribution in [2.75, 3.05) is 18.9 Å². The van der Waals surface area contributed by atoms with Crippen LogP contribution in [0.15, 0.2) is 22.7 Å². The monoisotopic (exact) mass is 462 g/mol. The number of aryl methyl sites for hydroxylation is 1. The van der Waals surface area contributed by atoms with Crippen LogP contribution < -0.4 is 5.32 Å². The average molecular weight is 464 g/mol. The summed E-state index contributed by atoms with van der Waals surface area (Å²) >= 11 is 14.9. The predicted molar refractivity (Wildman–Crippen MR) is 102 cm³/mol. The van der Waals surface area contributed by atoms with Crippen molar-refractivity contribution in [3.05, 3.63) is 45.2 Å². The SMILES string of the molecule is CN1C[C@H](c2c(Br)c(Cl)nn2C)[C@@H](C(=O)Nc2ccc(F)cc2F)C1=S. The number of nitrogens with one attached hydrogen (secondary N) is 1. The van der Waals surface area contributed by atoms with Gasteiger partial charge >= 0.3 is 0 Å². The number of likely N-dealkylation sites (tertiary alicyclic amines) is 1. The third-order valence-corrected chi connectivity index (χ3v) is 6.17. The zero-order chi connectivity index (χ0) is 19.2. The molecule has 1 amide bonds. The standard InChI is InChI=1S/C16H14BrClF2N4OS/c1-23-6-8(13-12(17)14(18)22-24(13)2)11(16(23)26)15(25)21-10-4-3-7(19)5-9(10)20/h3-5,8,11H,6H2,1-2H3,(H,21,25)/t8-,11-/m0/s1. The number of carbonyl (C=O) groups is 1. The van der Waals surface area contributed by atoms with Gasteiger partial charge in [0.25, 0.3) is 0 Å². The third-order valence-electron chi connectivity index (χ3n) is 4.33. The van der Waals surface area contributed by atoms with E-state index in [0.29, 0.717) is 22.1 Å². The van der Waals surface area contributed by atoms with Crippen molar-refractivity contribution in [2.24, 2.45) is 13.0 Å². The second kappa shape index (κ2) is 7.21. The first-order valence-electron chi connectivity index (χ1n) is 7.59. The number of nitrogens with zero attached hydrogens (tertiary/aromatic N) is 3. The highest BCUT2D eigenvalue weighted by Crippen LogP contribution is 2.40. The molecule has 3 rings (SSSR count). The van der Waals surface area contributed by atoms with Crippen molar-refractivity contribution in [3.63, 3.8) is 0 Å². The van der Waals surface area contributed by atoms with Crippen LogP contribution >= 0.6 is 39.7 Å². The lowest BCUT2D eigenvalue weighted by Crippen LogP contribution is -2.32. The summed E-state index contributed by atoms with van der Waals surface area (Å²) in [6, 6.07) is 2.96. The number of benzene rings is 1. The van der Waals surface area contributed by atoms with Crippen molar-refractivity contribution in [1.29, 1.82) is 0 Å². The molecule has 1 saturated heterocycles. The minimum Gasteiger partial charge on any atom is -0.368 e. The van der Waals surface area contributed by atoms with E-state index in [2.05, 4.69) is 26.3 Å². The molecule has 0 aliphatic carbocycles. The van der Waals surface area contributed by atoms with Gasteiger partial charge in [-0.2, -0.15) is 5.10 Å². The van der Waals surface area contributed by atoms with Crippen molar-refractivity contribution in [1.82, 2.24) is 14.7 Å². The van der Waals surface area contributed by atoms with Crippen LogP contribution in [0.25, 0.3) is 0 Å². The smallest absolute Gasteiger partial charge is 0.235 e. The molecule has 0 spiro atoms. The number of halogens is 4. The maximum atomic E-state index is 13.9. The van der Waals surface area contributed by atoms with E-state index in [1.54, 1.807) is 23.7 Å². The maximum Gasteiger partial charge on any atom is 0.235 e. The summed E-state index contributed by atoms with van der Waals surface area (Å²) in [6.07, 6.45) is 0. The summed E-state index contributed by atoms with van der Waals surface area (Å²) in [4.78, 5) is 15.1. The molecule has 5 nitrogen and oxygen atoms in total. The second-order valence-electron chi connectivity index (χ2n) is 6.03. The Kier molecular flexibility index (Phi) is 5.32. The normalized spacial score (nSPS) is 19.9. The van der Waals surface area contributed by atoms with Crippen LogP contribution in [-0.2, 0) is 11.8 Å². The molecule has 1 aromatic carbocycles. The Labute approximate surface area is 167 Å². The van der Waals surface area contributed by atoms with Crippen LogP contribution in [0.1, 0.15) is 11.6 Å². The molecule has 1 N–H and O–H groups in total. The summed E-state index contributed by atoms with van der Waals surface area (Å²) in [5, 5.41) is 6.93. The Bertz CT molecular complexity index is 907. The highest BCUT2D eigenvalue weighted by Gasteiger charge is 2.44. The molecule has 138 valence electrons. The van der Waals surface area contributed by atoms with E-state index in [9.17, 15) is 13.6 Å². The van der Waals surface area contributed by atoms with E-state index in [-0.39, 0.29) is 16.8 Å². The second-order valence-corrected chi connectivity index (χ2v) is 7.60. The number of hydrogen-bond acceptors (Lipinski definition) is 3. The van der Waals surface area contributed by atoms with Gasteiger partial charge in [-0.3, -0.25) is 9.48 Å². The van der Waals surface area contributed by atoms with Gasteiger partial charge in [-0.25, -0.2) is 8.78 Å². The molecule has 1 fully saturated rings. The fraction of sp³-hybridized carbons (Fsp3) is 0.312. The molecule has 26 heavy (non-hydrogen) atoms. The highest BCUT2D eigenvalue weighted by atomic mass is 79.9. The molecule has 1 aromatic heterocycles. The largest absolute Gasteiger partial charge is 0.368 e. The van der Waals surface area contributed by atoms with E-state index in [1.807, 2.05) is 0 Å². The van der Waals surface area contributed by atoms with Gasteiger partial charge in [0, 0.05) is 32.6 Å². The van der Waals surface area contributed by atoms with Crippen molar-refractivity contribution >= 4 is 56.3 Å². The molecule has 2 atom stereocenters. The number of rotatable bonds is 3. The molecular weight excluding hydrogens is 450 g/mol. The summed E-state index contributed by atoms with van der Waals surface area (Å²) < 4.78 is 29.1. The Balaban J connectivity index is 1.94. The lowest BCUT2D eigenvalue weighted by Gasteiger charge is -2.19. The van der Waals surface area contributed by atoms with Gasteiger partial charge in [0.1, 0.15) is 11.6 Å². The van der Waals surface area contributed by atoms with E-state index >= 15 is 0 Å². The van der Waals surface area contributed by atoms with Gasteiger partial charge in [-0.1, -0.05) is 23.8 Å². The van der Waals surface area contributed by atoms with Crippen LogP contribution in [0.3, 0.4) is 0 Å². The van der Waals surface area contributed by atoms with Crippen LogP contribution in [0.2, 0.25) is 5.15 Å². The fourth-order valence-electron chi connectivity index (χ4n) is 3.12. The summed E-state index contributed by atoms with van der Waals surface area (Å²) in [5.74, 6) is -3.09. The Hall–Kier alpha value is -1.58. The molecular formula is C16H14BrClF2N4OS. The first-order chi connectivity index (χ1) is 12.2. The van der Waals surface area contributed by atoms with Gasteiger partial charge in [0.2, 0.25) is 5.91 Å². The maximum absolute atomic E-state index is 13.9. The molecule has 10 heteroatoms. The fourth-order valence-corrected chi connectivity index (χ4v) is 4.31. The van der Waals surface area contributed by atoms with Crippen LogP contribution in [0.5, 0.6) is 0 Å². The van der Waals surface area contributed by atoms with Gasteiger partial charge in [-0.15, -0.1) is 0 Å². The van der Waals surface area contributed by atoms with Crippen molar-refractivity contribution in [3.8, 4) is 0 Å². The van der Waals surface area contributed by atoms with Gasteiger partial charge in [-0.05, 0) is 28.1 Å². The van der Waals surface area contributed by atoms with Gasteiger partial charge in [0.15, 0.2) is 5.15 Å². The number of anilines is 1. The Morgan fingerprint density at radius 1 is 1.42 bits per heavy atom. The minimum absolute atomic E-state index is 0.102. The number of amides is 1. The molecule has 2 aromatic rings. The molecule has 0 saturated carbocycles. The third kappa shape index (κ3) is 3.35. The molecule has 1 aliphatic rings. The first kappa shape index (κ1) is 19.2. The highest BCUT2D eigenvalue weighted by molar-refractivity contribution is 9.10. The lowest BCUT2D eigenvalue weighted by molar-refractivity contribution is -0.118. The minimum atomic E-state index is -0.850. The summed E-state index contributed by atoms with van der Waals surface area (Å²) in [6.45, 7) is 0.483. The topological polar surface area (TPSA) is 50.2 Å². The van der Waals surface area contributed by atoms with E-state index in [1.165, 1.54) is 6.07 Å². The number of likely N-dealkylation sites (N-methyl/N-ethyl adjacent to an activating group) is 1. The zero-order valence-corrected chi connectivity index (χ0v) is 16.9. The molecule has 0 bridgehead atoms.